The summed E-state index contributed by atoms with van der Waals surface area (Å²) in [5.74, 6) is -0.529. The lowest BCUT2D eigenvalue weighted by atomic mass is 9.92. The summed E-state index contributed by atoms with van der Waals surface area (Å²) < 4.78 is 1.80. The zero-order chi connectivity index (χ0) is 10.8. The first kappa shape index (κ1) is 10.2. The van der Waals surface area contributed by atoms with Crippen LogP contribution in [0.4, 0.5) is 0 Å². The van der Waals surface area contributed by atoms with Gasteiger partial charge in [0, 0.05) is 6.20 Å². The van der Waals surface area contributed by atoms with Gasteiger partial charge in [-0.15, -0.1) is 0 Å². The smallest absolute Gasteiger partial charge is 0.268 e. The highest BCUT2D eigenvalue weighted by molar-refractivity contribution is 5.90. The third-order valence-corrected chi connectivity index (χ3v) is 2.93. The molecule has 2 rings (SSSR count). The summed E-state index contributed by atoms with van der Waals surface area (Å²) in [5.41, 5.74) is 5.37. The molecule has 0 aromatic carbocycles. The van der Waals surface area contributed by atoms with Gasteiger partial charge in [0.15, 0.2) is 0 Å². The van der Waals surface area contributed by atoms with Gasteiger partial charge in [-0.3, -0.25) is 4.79 Å². The predicted octanol–water partition coefficient (Wildman–Crippen LogP) is 0.458. The second-order valence-corrected chi connectivity index (χ2v) is 3.99. The largest absolute Gasteiger partial charge is 0.391 e. The van der Waals surface area contributed by atoms with Gasteiger partial charge in [0.05, 0.1) is 18.5 Å². The van der Waals surface area contributed by atoms with E-state index in [0.29, 0.717) is 0 Å². The van der Waals surface area contributed by atoms with Crippen molar-refractivity contribution < 1.29 is 9.90 Å². The average Bonchev–Trinajstić information content (AvgIpc) is 2.67. The monoisotopic (exact) mass is 209 g/mol. The second kappa shape index (κ2) is 4.02. The quantitative estimate of drug-likeness (QED) is 0.742. The number of nitrogens with two attached hydrogens (primary N) is 1. The van der Waals surface area contributed by atoms with Crippen LogP contribution in [0.15, 0.2) is 12.5 Å². The number of primary amides is 1. The van der Waals surface area contributed by atoms with Crippen LogP contribution in [0.5, 0.6) is 0 Å². The van der Waals surface area contributed by atoms with Gasteiger partial charge < -0.3 is 15.4 Å². The first-order valence-corrected chi connectivity index (χ1v) is 5.20. The van der Waals surface area contributed by atoms with E-state index < -0.39 is 5.91 Å². The number of nitrogens with zero attached hydrogens (tertiary/aromatic N) is 2. The Morgan fingerprint density at radius 1 is 1.53 bits per heavy atom. The average molecular weight is 209 g/mol. The number of aliphatic hydroxyl groups excluding tert-OH is 1. The van der Waals surface area contributed by atoms with Gasteiger partial charge >= 0.3 is 0 Å². The van der Waals surface area contributed by atoms with Crippen molar-refractivity contribution in [1.29, 1.82) is 0 Å². The van der Waals surface area contributed by atoms with Gasteiger partial charge in [-0.25, -0.2) is 4.98 Å². The van der Waals surface area contributed by atoms with E-state index in [1.54, 1.807) is 17.1 Å². The lowest BCUT2D eigenvalue weighted by molar-refractivity contribution is 0.0753. The fourth-order valence-corrected chi connectivity index (χ4v) is 2.08. The van der Waals surface area contributed by atoms with Crippen LogP contribution in [0.1, 0.15) is 42.2 Å². The summed E-state index contributed by atoms with van der Waals surface area (Å²) in [7, 11) is 0. The Hall–Kier alpha value is -1.36. The Morgan fingerprint density at radius 2 is 2.27 bits per heavy atom. The maximum absolute atomic E-state index is 10.9. The van der Waals surface area contributed by atoms with Crippen molar-refractivity contribution in [2.24, 2.45) is 5.73 Å². The topological polar surface area (TPSA) is 81.1 Å². The van der Waals surface area contributed by atoms with E-state index in [-0.39, 0.29) is 17.8 Å². The third-order valence-electron chi connectivity index (χ3n) is 2.93. The summed E-state index contributed by atoms with van der Waals surface area (Å²) in [6.45, 7) is 0. The molecule has 0 radical (unpaired) electrons. The van der Waals surface area contributed by atoms with Gasteiger partial charge in [-0.2, -0.15) is 0 Å². The predicted molar refractivity (Wildman–Crippen MR) is 54.3 cm³/mol. The Labute approximate surface area is 87.9 Å². The maximum atomic E-state index is 10.9. The molecule has 1 aliphatic rings. The van der Waals surface area contributed by atoms with Crippen LogP contribution in [-0.4, -0.2) is 26.7 Å². The molecule has 0 aliphatic heterocycles. The van der Waals surface area contributed by atoms with E-state index >= 15 is 0 Å². The SMILES string of the molecule is NC(=O)c1cn([C@@H]2CCCC[C@H]2O)cn1. The molecule has 2 atom stereocenters. The molecule has 1 aromatic heterocycles. The molecule has 1 amide bonds. The molecule has 0 unspecified atom stereocenters. The van der Waals surface area contributed by atoms with Gasteiger partial charge in [0.1, 0.15) is 5.69 Å². The molecule has 82 valence electrons. The second-order valence-electron chi connectivity index (χ2n) is 3.99. The fraction of sp³-hybridized carbons (Fsp3) is 0.600. The van der Waals surface area contributed by atoms with Crippen molar-refractivity contribution in [3.63, 3.8) is 0 Å². The number of hydrogen-bond donors (Lipinski definition) is 2. The molecule has 0 spiro atoms. The highest BCUT2D eigenvalue weighted by Gasteiger charge is 2.24. The van der Waals surface area contributed by atoms with Crippen LogP contribution in [-0.2, 0) is 0 Å². The van der Waals surface area contributed by atoms with E-state index in [0.717, 1.165) is 25.7 Å². The number of carbonyl (C=O) groups is 1. The minimum Gasteiger partial charge on any atom is -0.391 e. The first-order chi connectivity index (χ1) is 7.18. The zero-order valence-corrected chi connectivity index (χ0v) is 8.47. The van der Waals surface area contributed by atoms with E-state index in [1.165, 1.54) is 0 Å². The van der Waals surface area contributed by atoms with Gasteiger partial charge in [0.2, 0.25) is 0 Å². The Morgan fingerprint density at radius 3 is 2.87 bits per heavy atom. The zero-order valence-electron chi connectivity index (χ0n) is 8.47. The maximum Gasteiger partial charge on any atom is 0.268 e. The van der Waals surface area contributed by atoms with Crippen molar-refractivity contribution >= 4 is 5.91 Å². The summed E-state index contributed by atoms with van der Waals surface area (Å²) >= 11 is 0. The molecule has 5 nitrogen and oxygen atoms in total. The summed E-state index contributed by atoms with van der Waals surface area (Å²) in [4.78, 5) is 14.8. The molecule has 1 heterocycles. The summed E-state index contributed by atoms with van der Waals surface area (Å²) in [6.07, 6.45) is 6.75. The van der Waals surface area contributed by atoms with Crippen LogP contribution >= 0.6 is 0 Å². The number of rotatable bonds is 2. The van der Waals surface area contributed by atoms with Gasteiger partial charge in [-0.1, -0.05) is 12.8 Å². The number of carbonyl (C=O) groups excluding carboxylic acids is 1. The molecule has 1 aliphatic carbocycles. The minimum absolute atomic E-state index is 0.0411. The summed E-state index contributed by atoms with van der Waals surface area (Å²) in [5, 5.41) is 9.81. The van der Waals surface area contributed by atoms with Crippen LogP contribution in [0.25, 0.3) is 0 Å². The van der Waals surface area contributed by atoms with E-state index in [2.05, 4.69) is 4.98 Å². The fourth-order valence-electron chi connectivity index (χ4n) is 2.08. The molecule has 15 heavy (non-hydrogen) atoms. The summed E-state index contributed by atoms with van der Waals surface area (Å²) in [6, 6.07) is 0.0411. The van der Waals surface area contributed by atoms with Crippen molar-refractivity contribution in [3.05, 3.63) is 18.2 Å². The number of aromatic nitrogens is 2. The molecule has 3 N–H and O–H groups in total. The Bertz CT molecular complexity index is 361. The third kappa shape index (κ3) is 2.02. The van der Waals surface area contributed by atoms with Crippen molar-refractivity contribution in [2.75, 3.05) is 0 Å². The number of amides is 1. The Kier molecular flexibility index (Phi) is 2.73. The molecule has 1 saturated carbocycles. The van der Waals surface area contributed by atoms with Crippen molar-refractivity contribution in [3.8, 4) is 0 Å². The van der Waals surface area contributed by atoms with Gasteiger partial charge in [0.25, 0.3) is 5.91 Å². The molecule has 5 heteroatoms. The Balaban J connectivity index is 2.17. The molecular weight excluding hydrogens is 194 g/mol. The molecule has 0 saturated heterocycles. The van der Waals surface area contributed by atoms with E-state index in [4.69, 9.17) is 5.73 Å². The molecular formula is C10H15N3O2. The highest BCUT2D eigenvalue weighted by Crippen LogP contribution is 2.28. The van der Waals surface area contributed by atoms with Crippen LogP contribution in [0.3, 0.4) is 0 Å². The van der Waals surface area contributed by atoms with Crippen LogP contribution < -0.4 is 5.73 Å². The van der Waals surface area contributed by atoms with Crippen LogP contribution in [0, 0.1) is 0 Å². The standard InChI is InChI=1S/C10H15N3O2/c11-10(15)7-5-13(6-12-7)8-3-1-2-4-9(8)14/h5-6,8-9,14H,1-4H2,(H2,11,15)/t8-,9-/m1/s1. The van der Waals surface area contributed by atoms with Crippen LogP contribution in [0.2, 0.25) is 0 Å². The first-order valence-electron chi connectivity index (χ1n) is 5.20. The lowest BCUT2D eigenvalue weighted by Crippen LogP contribution is -2.26. The molecule has 1 aromatic rings. The van der Waals surface area contributed by atoms with E-state index in [9.17, 15) is 9.90 Å². The normalized spacial score (nSPS) is 26.5. The highest BCUT2D eigenvalue weighted by atomic mass is 16.3. The molecule has 0 bridgehead atoms. The lowest BCUT2D eigenvalue weighted by Gasteiger charge is -2.28. The van der Waals surface area contributed by atoms with E-state index in [1.807, 2.05) is 0 Å². The van der Waals surface area contributed by atoms with Crippen molar-refractivity contribution in [1.82, 2.24) is 9.55 Å². The minimum atomic E-state index is -0.529. The number of imidazole rings is 1. The number of hydrogen-bond acceptors (Lipinski definition) is 3. The molecule has 1 fully saturated rings. The van der Waals surface area contributed by atoms with Gasteiger partial charge in [-0.05, 0) is 12.8 Å². The van der Waals surface area contributed by atoms with Crippen molar-refractivity contribution in [2.45, 2.75) is 37.8 Å². The number of aliphatic hydroxyl groups is 1.